The summed E-state index contributed by atoms with van der Waals surface area (Å²) in [5.74, 6) is -2.72. The van der Waals surface area contributed by atoms with Crippen LogP contribution >= 0.6 is 0 Å². The second-order valence-electron chi connectivity index (χ2n) is 7.17. The van der Waals surface area contributed by atoms with E-state index in [1.165, 1.54) is 0 Å². The van der Waals surface area contributed by atoms with Crippen molar-refractivity contribution in [3.63, 3.8) is 0 Å². The van der Waals surface area contributed by atoms with Crippen molar-refractivity contribution in [1.29, 1.82) is 0 Å². The number of hydrogen-bond acceptors (Lipinski definition) is 5. The third kappa shape index (κ3) is 3.12. The minimum Gasteiger partial charge on any atom is -0.481 e. The van der Waals surface area contributed by atoms with Gasteiger partial charge in [-0.05, 0) is 26.7 Å². The Bertz CT molecular complexity index is 873. The Morgan fingerprint density at radius 2 is 2.00 bits per heavy atom. The van der Waals surface area contributed by atoms with E-state index >= 15 is 0 Å². The van der Waals surface area contributed by atoms with Crippen LogP contribution in [0.15, 0.2) is 18.6 Å². The summed E-state index contributed by atoms with van der Waals surface area (Å²) in [4.78, 5) is 24.2. The Labute approximate surface area is 156 Å². The monoisotopic (exact) mass is 373 g/mol. The molecule has 2 bridgehead atoms. The minimum absolute atomic E-state index is 0.311. The number of carbonyl (C=O) groups is 2. The summed E-state index contributed by atoms with van der Waals surface area (Å²) in [5.41, 5.74) is 2.69. The molecule has 0 spiro atoms. The molecular formula is C18H23N5O4. The Kier molecular flexibility index (Phi) is 4.47. The maximum absolute atomic E-state index is 12.7. The van der Waals surface area contributed by atoms with E-state index in [0.717, 1.165) is 24.2 Å². The fraction of sp³-hybridized carbons (Fsp3) is 0.556. The summed E-state index contributed by atoms with van der Waals surface area (Å²) in [6.45, 7) is 5.41. The van der Waals surface area contributed by atoms with Gasteiger partial charge in [0.2, 0.25) is 5.91 Å². The number of nitrogens with one attached hydrogen (secondary N) is 1. The molecule has 4 atom stereocenters. The molecule has 0 saturated carbocycles. The second kappa shape index (κ2) is 6.80. The molecule has 0 radical (unpaired) electrons. The first-order valence-corrected chi connectivity index (χ1v) is 9.20. The molecule has 2 aliphatic heterocycles. The van der Waals surface area contributed by atoms with Crippen LogP contribution in [0, 0.1) is 18.8 Å². The smallest absolute Gasteiger partial charge is 0.310 e. The summed E-state index contributed by atoms with van der Waals surface area (Å²) in [5, 5.41) is 20.9. The minimum atomic E-state index is -0.971. The molecule has 9 heteroatoms. The average Bonchev–Trinajstić information content (AvgIpc) is 3.40. The van der Waals surface area contributed by atoms with Gasteiger partial charge in [0, 0.05) is 24.0 Å². The van der Waals surface area contributed by atoms with Gasteiger partial charge in [0.05, 0.1) is 48.7 Å². The first kappa shape index (κ1) is 17.7. The van der Waals surface area contributed by atoms with Crippen molar-refractivity contribution >= 4 is 17.6 Å². The molecule has 2 aliphatic rings. The quantitative estimate of drug-likeness (QED) is 0.789. The maximum Gasteiger partial charge on any atom is 0.310 e. The number of hydrogen-bond donors (Lipinski definition) is 2. The van der Waals surface area contributed by atoms with Crippen molar-refractivity contribution in [2.45, 2.75) is 52.0 Å². The Morgan fingerprint density at radius 1 is 1.26 bits per heavy atom. The summed E-state index contributed by atoms with van der Waals surface area (Å²) < 4.78 is 9.30. The zero-order valence-electron chi connectivity index (χ0n) is 15.3. The van der Waals surface area contributed by atoms with E-state index in [1.807, 2.05) is 24.7 Å². The van der Waals surface area contributed by atoms with Gasteiger partial charge in [-0.1, -0.05) is 0 Å². The molecule has 9 nitrogen and oxygen atoms in total. The third-order valence-electron chi connectivity index (χ3n) is 5.60. The van der Waals surface area contributed by atoms with Gasteiger partial charge in [-0.3, -0.25) is 19.0 Å². The highest BCUT2D eigenvalue weighted by molar-refractivity contribution is 5.96. The number of aromatic nitrogens is 4. The van der Waals surface area contributed by atoms with E-state index in [9.17, 15) is 14.7 Å². The molecule has 2 aromatic rings. The highest BCUT2D eigenvalue weighted by Crippen LogP contribution is 2.44. The van der Waals surface area contributed by atoms with Crippen LogP contribution < -0.4 is 5.32 Å². The number of amides is 1. The zero-order valence-corrected chi connectivity index (χ0v) is 15.3. The number of carboxylic acids is 1. The molecule has 27 heavy (non-hydrogen) atoms. The van der Waals surface area contributed by atoms with Crippen LogP contribution in [0.3, 0.4) is 0 Å². The van der Waals surface area contributed by atoms with Crippen LogP contribution in [0.4, 0.5) is 5.69 Å². The van der Waals surface area contributed by atoms with Crippen LogP contribution in [0.25, 0.3) is 0 Å². The molecule has 4 heterocycles. The summed E-state index contributed by atoms with van der Waals surface area (Å²) >= 11 is 0. The zero-order chi connectivity index (χ0) is 19.1. The number of rotatable bonds is 6. The lowest BCUT2D eigenvalue weighted by Crippen LogP contribution is -2.40. The number of carboxylic acid groups (broad SMARTS) is 1. The lowest BCUT2D eigenvalue weighted by atomic mass is 9.78. The molecule has 2 aromatic heterocycles. The van der Waals surface area contributed by atoms with E-state index < -0.39 is 17.8 Å². The molecule has 0 unspecified atom stereocenters. The van der Waals surface area contributed by atoms with Gasteiger partial charge in [0.25, 0.3) is 0 Å². The molecule has 1 amide bonds. The molecule has 4 rings (SSSR count). The number of anilines is 1. The van der Waals surface area contributed by atoms with Gasteiger partial charge >= 0.3 is 5.97 Å². The van der Waals surface area contributed by atoms with Gasteiger partial charge in [-0.15, -0.1) is 0 Å². The normalized spacial score (nSPS) is 26.4. The predicted molar refractivity (Wildman–Crippen MR) is 95.1 cm³/mol. The highest BCUT2D eigenvalue weighted by atomic mass is 16.5. The summed E-state index contributed by atoms with van der Waals surface area (Å²) in [6, 6.07) is 0. The Hall–Kier alpha value is -2.68. The SMILES string of the molecule is CCn1ncc(Cn2cc(NC(=O)[C@@H]3[C@@H](C(=O)O)[C@H]4CC[C@H]3O4)cn2)c1C. The second-order valence-corrected chi connectivity index (χ2v) is 7.17. The maximum atomic E-state index is 12.7. The fourth-order valence-corrected chi connectivity index (χ4v) is 4.20. The average molecular weight is 373 g/mol. The number of aliphatic carboxylic acids is 1. The van der Waals surface area contributed by atoms with Crippen LogP contribution in [-0.2, 0) is 27.4 Å². The van der Waals surface area contributed by atoms with Crippen LogP contribution in [0.5, 0.6) is 0 Å². The number of nitrogens with zero attached hydrogens (tertiary/aromatic N) is 4. The van der Waals surface area contributed by atoms with Gasteiger partial charge in [-0.25, -0.2) is 0 Å². The third-order valence-corrected chi connectivity index (χ3v) is 5.60. The van der Waals surface area contributed by atoms with Gasteiger partial charge in [-0.2, -0.15) is 10.2 Å². The standard InChI is InChI=1S/C18H23N5O4/c1-3-23-10(2)11(6-20-23)8-22-9-12(7-19-22)21-17(24)15-13-4-5-14(27-13)16(15)18(25)26/h6-7,9,13-16H,3-5,8H2,1-2H3,(H,21,24)(H,25,26)/t13-,14-,15+,16+/m1/s1. The van der Waals surface area contributed by atoms with E-state index in [0.29, 0.717) is 18.7 Å². The lowest BCUT2D eigenvalue weighted by Gasteiger charge is -2.23. The van der Waals surface area contributed by atoms with E-state index in [1.54, 1.807) is 17.1 Å². The number of fused-ring (bicyclic) bond motifs is 2. The number of ether oxygens (including phenoxy) is 1. The van der Waals surface area contributed by atoms with Crippen LogP contribution in [0.2, 0.25) is 0 Å². The molecule has 2 fully saturated rings. The molecule has 0 aliphatic carbocycles. The Balaban J connectivity index is 1.44. The van der Waals surface area contributed by atoms with Crippen molar-refractivity contribution < 1.29 is 19.4 Å². The van der Waals surface area contributed by atoms with Gasteiger partial charge in [0.1, 0.15) is 0 Å². The van der Waals surface area contributed by atoms with Gasteiger partial charge < -0.3 is 15.2 Å². The number of aryl methyl sites for hydroxylation is 1. The molecule has 2 N–H and O–H groups in total. The predicted octanol–water partition coefficient (Wildman–Crippen LogP) is 1.27. The Morgan fingerprint density at radius 3 is 2.67 bits per heavy atom. The summed E-state index contributed by atoms with van der Waals surface area (Å²) in [6.07, 6.45) is 5.90. The van der Waals surface area contributed by atoms with Crippen molar-refractivity contribution in [2.24, 2.45) is 11.8 Å². The van der Waals surface area contributed by atoms with Crippen molar-refractivity contribution in [3.05, 3.63) is 29.8 Å². The molecule has 0 aromatic carbocycles. The largest absolute Gasteiger partial charge is 0.481 e. The summed E-state index contributed by atoms with van der Waals surface area (Å²) in [7, 11) is 0. The van der Waals surface area contributed by atoms with Crippen LogP contribution in [-0.4, -0.2) is 48.8 Å². The fourth-order valence-electron chi connectivity index (χ4n) is 4.20. The van der Waals surface area contributed by atoms with Crippen molar-refractivity contribution in [1.82, 2.24) is 19.6 Å². The molecule has 2 saturated heterocycles. The van der Waals surface area contributed by atoms with Crippen molar-refractivity contribution in [3.8, 4) is 0 Å². The first-order valence-electron chi connectivity index (χ1n) is 9.20. The lowest BCUT2D eigenvalue weighted by molar-refractivity contribution is -0.147. The van der Waals surface area contributed by atoms with Gasteiger partial charge in [0.15, 0.2) is 0 Å². The van der Waals surface area contributed by atoms with Crippen LogP contribution in [0.1, 0.15) is 31.0 Å². The van der Waals surface area contributed by atoms with E-state index in [2.05, 4.69) is 15.5 Å². The molecular weight excluding hydrogens is 350 g/mol. The number of carbonyl (C=O) groups excluding carboxylic acids is 1. The molecule has 144 valence electrons. The van der Waals surface area contributed by atoms with E-state index in [-0.39, 0.29) is 18.1 Å². The van der Waals surface area contributed by atoms with Crippen molar-refractivity contribution in [2.75, 3.05) is 5.32 Å². The highest BCUT2D eigenvalue weighted by Gasteiger charge is 2.55. The van der Waals surface area contributed by atoms with E-state index in [4.69, 9.17) is 4.74 Å². The first-order chi connectivity index (χ1) is 13.0. The topological polar surface area (TPSA) is 111 Å².